The number of ether oxygens (including phenoxy) is 1. The Hall–Kier alpha value is -2.60. The zero-order chi connectivity index (χ0) is 19.1. The Bertz CT molecular complexity index is 863. The Morgan fingerprint density at radius 1 is 1.11 bits per heavy atom. The summed E-state index contributed by atoms with van der Waals surface area (Å²) < 4.78 is 11.1. The molecule has 1 aromatic heterocycles. The number of aromatic nitrogens is 2. The first-order valence-electron chi connectivity index (χ1n) is 8.92. The number of benzene rings is 2. The molecule has 3 aromatic rings. The van der Waals surface area contributed by atoms with E-state index in [1.165, 1.54) is 17.3 Å². The van der Waals surface area contributed by atoms with Crippen molar-refractivity contribution in [3.63, 3.8) is 0 Å². The van der Waals surface area contributed by atoms with Crippen LogP contribution in [-0.2, 0) is 6.42 Å². The van der Waals surface area contributed by atoms with E-state index in [0.717, 1.165) is 5.75 Å². The highest BCUT2D eigenvalue weighted by Crippen LogP contribution is 2.23. The predicted octanol–water partition coefficient (Wildman–Crippen LogP) is 4.79. The Kier molecular flexibility index (Phi) is 6.65. The molecule has 0 saturated carbocycles. The molecule has 1 atom stereocenters. The molecule has 0 N–H and O–H groups in total. The van der Waals surface area contributed by atoms with Crippen LogP contribution >= 0.6 is 11.8 Å². The van der Waals surface area contributed by atoms with Crippen molar-refractivity contribution < 1.29 is 13.9 Å². The lowest BCUT2D eigenvalue weighted by Gasteiger charge is -2.08. The molecular weight excluding hydrogens is 360 g/mol. The van der Waals surface area contributed by atoms with Crippen molar-refractivity contribution in [1.82, 2.24) is 10.2 Å². The number of carbonyl (C=O) groups is 1. The Morgan fingerprint density at radius 2 is 1.85 bits per heavy atom. The van der Waals surface area contributed by atoms with E-state index in [1.54, 1.807) is 24.3 Å². The summed E-state index contributed by atoms with van der Waals surface area (Å²) in [6.45, 7) is 4.66. The third-order valence-electron chi connectivity index (χ3n) is 4.11. The van der Waals surface area contributed by atoms with Crippen LogP contribution in [0.2, 0.25) is 0 Å². The molecular formula is C21H22N2O3S. The normalized spacial score (nSPS) is 11.9. The third kappa shape index (κ3) is 5.44. The van der Waals surface area contributed by atoms with E-state index < -0.39 is 0 Å². The summed E-state index contributed by atoms with van der Waals surface area (Å²) in [4.78, 5) is 12.3. The van der Waals surface area contributed by atoms with Gasteiger partial charge >= 0.3 is 0 Å². The Labute approximate surface area is 163 Å². The molecule has 1 heterocycles. The van der Waals surface area contributed by atoms with E-state index in [1.807, 2.05) is 25.1 Å². The summed E-state index contributed by atoms with van der Waals surface area (Å²) in [6.07, 6.45) is 0.671. The maximum Gasteiger partial charge on any atom is 0.277 e. The summed E-state index contributed by atoms with van der Waals surface area (Å²) >= 11 is 1.26. The van der Waals surface area contributed by atoms with E-state index in [4.69, 9.17) is 9.15 Å². The van der Waals surface area contributed by atoms with Crippen LogP contribution in [0.1, 0.15) is 41.6 Å². The van der Waals surface area contributed by atoms with Gasteiger partial charge in [-0.15, -0.1) is 10.2 Å². The van der Waals surface area contributed by atoms with Gasteiger partial charge in [0.25, 0.3) is 5.22 Å². The van der Waals surface area contributed by atoms with Crippen molar-refractivity contribution in [2.45, 2.75) is 31.4 Å². The highest BCUT2D eigenvalue weighted by Gasteiger charge is 2.14. The zero-order valence-corrected chi connectivity index (χ0v) is 16.2. The number of hydrogen-bond donors (Lipinski definition) is 0. The number of Topliss-reactive ketones (excluding diaryl/α,β-unsaturated/α-hetero) is 1. The molecule has 0 radical (unpaired) electrons. The van der Waals surface area contributed by atoms with Crippen LogP contribution in [-0.4, -0.2) is 28.3 Å². The van der Waals surface area contributed by atoms with Gasteiger partial charge < -0.3 is 9.15 Å². The lowest BCUT2D eigenvalue weighted by molar-refractivity contribution is 0.102. The topological polar surface area (TPSA) is 65.2 Å². The molecule has 3 rings (SSSR count). The van der Waals surface area contributed by atoms with Crippen LogP contribution in [0.4, 0.5) is 0 Å². The molecule has 27 heavy (non-hydrogen) atoms. The fourth-order valence-corrected chi connectivity index (χ4v) is 3.33. The van der Waals surface area contributed by atoms with Crippen molar-refractivity contribution in [2.75, 3.05) is 12.4 Å². The molecule has 1 unspecified atom stereocenters. The Morgan fingerprint density at radius 3 is 2.56 bits per heavy atom. The molecule has 0 saturated heterocycles. The SMILES string of the molecule is CCOc1ccc(C(=O)CSc2nnc(CC(C)c3ccccc3)o2)cc1. The molecule has 0 bridgehead atoms. The zero-order valence-electron chi connectivity index (χ0n) is 15.4. The van der Waals surface area contributed by atoms with E-state index in [2.05, 4.69) is 29.3 Å². The first-order chi connectivity index (χ1) is 13.2. The number of nitrogens with zero attached hydrogens (tertiary/aromatic N) is 2. The summed E-state index contributed by atoms with van der Waals surface area (Å²) in [5, 5.41) is 8.56. The van der Waals surface area contributed by atoms with E-state index >= 15 is 0 Å². The van der Waals surface area contributed by atoms with Crippen LogP contribution in [0.5, 0.6) is 5.75 Å². The smallest absolute Gasteiger partial charge is 0.277 e. The lowest BCUT2D eigenvalue weighted by atomic mass is 9.98. The van der Waals surface area contributed by atoms with Gasteiger partial charge in [0.15, 0.2) is 5.78 Å². The number of rotatable bonds is 9. The standard InChI is InChI=1S/C21H22N2O3S/c1-3-25-18-11-9-17(10-12-18)19(24)14-27-21-23-22-20(26-21)13-15(2)16-7-5-4-6-8-16/h4-12,15H,3,13-14H2,1-2H3. The Balaban J connectivity index is 1.52. The average molecular weight is 382 g/mol. The number of carbonyl (C=O) groups excluding carboxylic acids is 1. The first-order valence-corrected chi connectivity index (χ1v) is 9.90. The fourth-order valence-electron chi connectivity index (χ4n) is 2.65. The molecule has 0 spiro atoms. The molecule has 0 aliphatic rings. The first kappa shape index (κ1) is 19.2. The van der Waals surface area contributed by atoms with Gasteiger partial charge in [-0.05, 0) is 42.7 Å². The summed E-state index contributed by atoms with van der Waals surface area (Å²) in [7, 11) is 0. The number of ketones is 1. The largest absolute Gasteiger partial charge is 0.494 e. The molecule has 0 amide bonds. The fraction of sp³-hybridized carbons (Fsp3) is 0.286. The minimum Gasteiger partial charge on any atom is -0.494 e. The van der Waals surface area contributed by atoms with Crippen molar-refractivity contribution in [3.05, 3.63) is 71.6 Å². The molecule has 0 fully saturated rings. The second-order valence-corrected chi connectivity index (χ2v) is 7.07. The van der Waals surface area contributed by atoms with Gasteiger partial charge in [-0.25, -0.2) is 0 Å². The summed E-state index contributed by atoms with van der Waals surface area (Å²) in [6, 6.07) is 17.4. The van der Waals surface area contributed by atoms with E-state index in [0.29, 0.717) is 29.7 Å². The van der Waals surface area contributed by atoms with Crippen LogP contribution in [0.3, 0.4) is 0 Å². The highest BCUT2D eigenvalue weighted by atomic mass is 32.2. The molecule has 0 aliphatic carbocycles. The van der Waals surface area contributed by atoms with Gasteiger partial charge in [0.05, 0.1) is 12.4 Å². The predicted molar refractivity (Wildman–Crippen MR) is 106 cm³/mol. The molecule has 140 valence electrons. The number of thioether (sulfide) groups is 1. The summed E-state index contributed by atoms with van der Waals surface area (Å²) in [5.74, 6) is 1.90. The minimum atomic E-state index is 0.0143. The van der Waals surface area contributed by atoms with Crippen molar-refractivity contribution in [2.24, 2.45) is 0 Å². The average Bonchev–Trinajstić information content (AvgIpc) is 3.15. The van der Waals surface area contributed by atoms with Crippen molar-refractivity contribution in [3.8, 4) is 5.75 Å². The monoisotopic (exact) mass is 382 g/mol. The van der Waals surface area contributed by atoms with Gasteiger partial charge in [-0.2, -0.15) is 0 Å². The molecule has 0 aliphatic heterocycles. The van der Waals surface area contributed by atoms with Crippen LogP contribution in [0.25, 0.3) is 0 Å². The second-order valence-electron chi connectivity index (χ2n) is 6.15. The second kappa shape index (κ2) is 9.37. The van der Waals surface area contributed by atoms with E-state index in [-0.39, 0.29) is 17.5 Å². The van der Waals surface area contributed by atoms with Gasteiger partial charge in [-0.3, -0.25) is 4.79 Å². The van der Waals surface area contributed by atoms with Gasteiger partial charge in [0, 0.05) is 12.0 Å². The maximum absolute atomic E-state index is 12.3. The molecule has 6 heteroatoms. The lowest BCUT2D eigenvalue weighted by Crippen LogP contribution is -2.02. The summed E-state index contributed by atoms with van der Waals surface area (Å²) in [5.41, 5.74) is 1.87. The van der Waals surface area contributed by atoms with Crippen molar-refractivity contribution >= 4 is 17.5 Å². The maximum atomic E-state index is 12.3. The van der Waals surface area contributed by atoms with Gasteiger partial charge in [0.1, 0.15) is 5.75 Å². The van der Waals surface area contributed by atoms with Crippen LogP contribution in [0, 0.1) is 0 Å². The van der Waals surface area contributed by atoms with E-state index in [9.17, 15) is 4.79 Å². The highest BCUT2D eigenvalue weighted by molar-refractivity contribution is 7.99. The number of hydrogen-bond acceptors (Lipinski definition) is 6. The third-order valence-corrected chi connectivity index (χ3v) is 4.93. The van der Waals surface area contributed by atoms with Crippen molar-refractivity contribution in [1.29, 1.82) is 0 Å². The quantitative estimate of drug-likeness (QED) is 0.392. The van der Waals surface area contributed by atoms with Gasteiger partial charge in [-0.1, -0.05) is 49.0 Å². The van der Waals surface area contributed by atoms with Gasteiger partial charge in [0.2, 0.25) is 5.89 Å². The van der Waals surface area contributed by atoms with Crippen LogP contribution < -0.4 is 4.74 Å². The van der Waals surface area contributed by atoms with Crippen LogP contribution in [0.15, 0.2) is 64.2 Å². The molecule has 5 nitrogen and oxygen atoms in total. The molecule has 2 aromatic carbocycles. The minimum absolute atomic E-state index is 0.0143.